The molecule has 0 amide bonds. The first-order chi connectivity index (χ1) is 8.73. The first-order valence-corrected chi connectivity index (χ1v) is 5.10. The Kier molecular flexibility index (Phi) is 4.68. The van der Waals surface area contributed by atoms with Gasteiger partial charge in [-0.3, -0.25) is 4.79 Å². The molecule has 3 nitrogen and oxygen atoms in total. The summed E-state index contributed by atoms with van der Waals surface area (Å²) in [5, 5.41) is 0. The van der Waals surface area contributed by atoms with Gasteiger partial charge in [-0.2, -0.15) is 8.78 Å². The number of carbonyl (C=O) groups excluding carboxylic acids is 1. The third-order valence-corrected chi connectivity index (χ3v) is 2.02. The van der Waals surface area contributed by atoms with Crippen LogP contribution in [0.25, 0.3) is 0 Å². The summed E-state index contributed by atoms with van der Waals surface area (Å²) >= 11 is 0. The predicted octanol–water partition coefficient (Wildman–Crippen LogP) is 3.78. The van der Waals surface area contributed by atoms with Crippen LogP contribution in [0.1, 0.15) is 23.7 Å². The molecule has 0 atom stereocenters. The van der Waals surface area contributed by atoms with Crippen LogP contribution in [0.4, 0.5) is 22.0 Å². The number of benzene rings is 1. The molecule has 8 heteroatoms. The van der Waals surface area contributed by atoms with Gasteiger partial charge in [0.1, 0.15) is 11.5 Å². The number of carbonyl (C=O) groups is 1. The zero-order valence-electron chi connectivity index (χ0n) is 9.63. The van der Waals surface area contributed by atoms with E-state index in [4.69, 9.17) is 0 Å². The third kappa shape index (κ3) is 4.72. The van der Waals surface area contributed by atoms with Crippen molar-refractivity contribution >= 4 is 5.78 Å². The van der Waals surface area contributed by atoms with Crippen molar-refractivity contribution in [1.82, 2.24) is 0 Å². The average molecular weight is 284 g/mol. The standard InChI is InChI=1S/C11H9F5O3/c1-2-8(17)7-5-6(18-10(12)13)3-4-9(7)19-11(14,15)16/h3-5,10H,2H2,1H3. The second-order valence-corrected chi connectivity index (χ2v) is 3.36. The SMILES string of the molecule is CCC(=O)c1cc(OC(F)F)ccc1OC(F)(F)F. The topological polar surface area (TPSA) is 35.5 Å². The van der Waals surface area contributed by atoms with Crippen molar-refractivity contribution in [3.8, 4) is 11.5 Å². The fourth-order valence-electron chi connectivity index (χ4n) is 1.31. The smallest absolute Gasteiger partial charge is 0.435 e. The molecule has 1 rings (SSSR count). The maximum Gasteiger partial charge on any atom is 0.573 e. The molecule has 0 unspecified atom stereocenters. The third-order valence-electron chi connectivity index (χ3n) is 2.02. The van der Waals surface area contributed by atoms with E-state index in [2.05, 4.69) is 9.47 Å². The molecule has 0 radical (unpaired) electrons. The Morgan fingerprint density at radius 1 is 1.32 bits per heavy atom. The molecule has 1 aromatic rings. The molecule has 0 heterocycles. The number of alkyl halides is 5. The van der Waals surface area contributed by atoms with E-state index in [0.717, 1.165) is 18.2 Å². The Morgan fingerprint density at radius 2 is 1.95 bits per heavy atom. The lowest BCUT2D eigenvalue weighted by Gasteiger charge is -2.13. The van der Waals surface area contributed by atoms with Crippen molar-refractivity contribution in [2.75, 3.05) is 0 Å². The Morgan fingerprint density at radius 3 is 2.42 bits per heavy atom. The van der Waals surface area contributed by atoms with Crippen molar-refractivity contribution in [2.24, 2.45) is 0 Å². The summed E-state index contributed by atoms with van der Waals surface area (Å²) in [5.74, 6) is -1.85. The molecule has 1 aromatic carbocycles. The van der Waals surface area contributed by atoms with E-state index < -0.39 is 35.8 Å². The molecule has 0 aliphatic carbocycles. The zero-order valence-corrected chi connectivity index (χ0v) is 9.63. The molecule has 0 N–H and O–H groups in total. The van der Waals surface area contributed by atoms with E-state index in [-0.39, 0.29) is 6.42 Å². The lowest BCUT2D eigenvalue weighted by atomic mass is 10.1. The highest BCUT2D eigenvalue weighted by atomic mass is 19.4. The molecule has 0 fully saturated rings. The highest BCUT2D eigenvalue weighted by molar-refractivity contribution is 5.98. The number of ketones is 1. The number of hydrogen-bond donors (Lipinski definition) is 0. The van der Waals surface area contributed by atoms with Crippen LogP contribution in [0.3, 0.4) is 0 Å². The molecular weight excluding hydrogens is 275 g/mol. The normalized spacial score (nSPS) is 11.5. The van der Waals surface area contributed by atoms with E-state index in [9.17, 15) is 26.7 Å². The fraction of sp³-hybridized carbons (Fsp3) is 0.364. The van der Waals surface area contributed by atoms with Crippen LogP contribution < -0.4 is 9.47 Å². The minimum atomic E-state index is -4.98. The highest BCUT2D eigenvalue weighted by Crippen LogP contribution is 2.30. The van der Waals surface area contributed by atoms with Gasteiger partial charge >= 0.3 is 13.0 Å². The highest BCUT2D eigenvalue weighted by Gasteiger charge is 2.33. The Labute approximate surface area is 104 Å². The van der Waals surface area contributed by atoms with E-state index in [0.29, 0.717) is 0 Å². The van der Waals surface area contributed by atoms with Crippen LogP contribution in [0, 0.1) is 0 Å². The first kappa shape index (κ1) is 15.2. The van der Waals surface area contributed by atoms with Crippen molar-refractivity contribution in [3.05, 3.63) is 23.8 Å². The van der Waals surface area contributed by atoms with Crippen LogP contribution in [0.5, 0.6) is 11.5 Å². The Balaban J connectivity index is 3.13. The van der Waals surface area contributed by atoms with Crippen molar-refractivity contribution in [1.29, 1.82) is 0 Å². The number of hydrogen-bond acceptors (Lipinski definition) is 3. The van der Waals surface area contributed by atoms with Gasteiger partial charge in [-0.25, -0.2) is 0 Å². The van der Waals surface area contributed by atoms with Crippen LogP contribution >= 0.6 is 0 Å². The van der Waals surface area contributed by atoms with Gasteiger partial charge in [0.25, 0.3) is 0 Å². The van der Waals surface area contributed by atoms with Gasteiger partial charge in [0, 0.05) is 6.42 Å². The molecule has 0 aliphatic heterocycles. The van der Waals surface area contributed by atoms with Crippen LogP contribution in [-0.2, 0) is 0 Å². The molecule has 0 spiro atoms. The van der Waals surface area contributed by atoms with Crippen molar-refractivity contribution in [3.63, 3.8) is 0 Å². The summed E-state index contributed by atoms with van der Waals surface area (Å²) in [4.78, 5) is 11.5. The minimum Gasteiger partial charge on any atom is -0.435 e. The Bertz CT molecular complexity index is 456. The maximum absolute atomic E-state index is 12.1. The summed E-state index contributed by atoms with van der Waals surface area (Å²) in [6.45, 7) is -1.72. The van der Waals surface area contributed by atoms with E-state index >= 15 is 0 Å². The lowest BCUT2D eigenvalue weighted by Crippen LogP contribution is -2.19. The summed E-state index contributed by atoms with van der Waals surface area (Å²) in [6, 6.07) is 2.41. The summed E-state index contributed by atoms with van der Waals surface area (Å²) < 4.78 is 68.0. The molecule has 0 bridgehead atoms. The molecular formula is C11H9F5O3. The maximum atomic E-state index is 12.1. The lowest BCUT2D eigenvalue weighted by molar-refractivity contribution is -0.274. The molecule has 0 saturated carbocycles. The van der Waals surface area contributed by atoms with E-state index in [1.54, 1.807) is 0 Å². The van der Waals surface area contributed by atoms with Gasteiger partial charge in [-0.1, -0.05) is 6.92 Å². The van der Waals surface area contributed by atoms with Gasteiger partial charge in [0.15, 0.2) is 5.78 Å². The van der Waals surface area contributed by atoms with Gasteiger partial charge in [-0.05, 0) is 18.2 Å². The summed E-state index contributed by atoms with van der Waals surface area (Å²) in [5.41, 5.74) is -0.460. The largest absolute Gasteiger partial charge is 0.573 e. The predicted molar refractivity (Wildman–Crippen MR) is 54.4 cm³/mol. The molecule has 106 valence electrons. The van der Waals surface area contributed by atoms with Gasteiger partial charge in [-0.15, -0.1) is 13.2 Å². The average Bonchev–Trinajstić information content (AvgIpc) is 2.27. The van der Waals surface area contributed by atoms with Crippen LogP contribution in [-0.4, -0.2) is 18.8 Å². The molecule has 19 heavy (non-hydrogen) atoms. The van der Waals surface area contributed by atoms with Crippen LogP contribution in [0.2, 0.25) is 0 Å². The number of halogens is 5. The van der Waals surface area contributed by atoms with Crippen LogP contribution in [0.15, 0.2) is 18.2 Å². The second kappa shape index (κ2) is 5.85. The molecule has 0 aromatic heterocycles. The number of ether oxygens (including phenoxy) is 2. The summed E-state index contributed by atoms with van der Waals surface area (Å²) in [6.07, 6.45) is -5.08. The second-order valence-electron chi connectivity index (χ2n) is 3.36. The first-order valence-electron chi connectivity index (χ1n) is 5.10. The van der Waals surface area contributed by atoms with Crippen molar-refractivity contribution < 1.29 is 36.2 Å². The van der Waals surface area contributed by atoms with Crippen molar-refractivity contribution in [2.45, 2.75) is 26.3 Å². The Hall–Kier alpha value is -1.86. The van der Waals surface area contributed by atoms with Gasteiger partial charge in [0.2, 0.25) is 0 Å². The van der Waals surface area contributed by atoms with E-state index in [1.807, 2.05) is 0 Å². The fourth-order valence-corrected chi connectivity index (χ4v) is 1.31. The minimum absolute atomic E-state index is 0.105. The monoisotopic (exact) mass is 284 g/mol. The zero-order chi connectivity index (χ0) is 14.6. The van der Waals surface area contributed by atoms with Gasteiger partial charge in [0.05, 0.1) is 5.56 Å². The quantitative estimate of drug-likeness (QED) is 0.609. The molecule has 0 saturated heterocycles. The van der Waals surface area contributed by atoms with E-state index in [1.165, 1.54) is 6.92 Å². The number of rotatable bonds is 5. The van der Waals surface area contributed by atoms with Gasteiger partial charge < -0.3 is 9.47 Å². The summed E-state index contributed by atoms with van der Waals surface area (Å²) in [7, 11) is 0. The number of Topliss-reactive ketones (excluding diaryl/α,β-unsaturated/α-hetero) is 1. The molecule has 0 aliphatic rings.